The van der Waals surface area contributed by atoms with Crippen LogP contribution in [0, 0.1) is 5.82 Å². The van der Waals surface area contributed by atoms with E-state index in [1.54, 1.807) is 26.8 Å². The third-order valence-corrected chi connectivity index (χ3v) is 6.57. The minimum absolute atomic E-state index is 0.0421. The van der Waals surface area contributed by atoms with Crippen molar-refractivity contribution >= 4 is 11.9 Å². The van der Waals surface area contributed by atoms with Crippen LogP contribution in [0.2, 0.25) is 0 Å². The second-order valence-electron chi connectivity index (χ2n) is 9.76. The molecule has 1 spiro atoms. The summed E-state index contributed by atoms with van der Waals surface area (Å²) in [4.78, 5) is 27.6. The highest BCUT2D eigenvalue weighted by molar-refractivity contribution is 5.96. The van der Waals surface area contributed by atoms with Gasteiger partial charge in [0.1, 0.15) is 11.4 Å². The SMILES string of the molecule is CC(C)(C)OC(=O)N1CC(=O)C2(C1)OC1CC(c3ccccc3)[C@@H]2c2ccc(F)cc21. The number of rotatable bonds is 1. The lowest BCUT2D eigenvalue weighted by Gasteiger charge is -2.53. The van der Waals surface area contributed by atoms with E-state index in [-0.39, 0.29) is 36.5 Å². The fraction of sp³-hybridized carbons (Fsp3) is 0.440. The van der Waals surface area contributed by atoms with Gasteiger partial charge in [-0.1, -0.05) is 36.4 Å². The average molecular weight is 423 g/mol. The van der Waals surface area contributed by atoms with E-state index in [1.807, 2.05) is 18.2 Å². The van der Waals surface area contributed by atoms with Gasteiger partial charge in [-0.3, -0.25) is 9.69 Å². The van der Waals surface area contributed by atoms with Crippen molar-refractivity contribution in [1.82, 2.24) is 4.90 Å². The molecule has 162 valence electrons. The zero-order valence-corrected chi connectivity index (χ0v) is 17.9. The largest absolute Gasteiger partial charge is 0.444 e. The Balaban J connectivity index is 1.57. The van der Waals surface area contributed by atoms with E-state index >= 15 is 0 Å². The number of carbonyl (C=O) groups is 2. The summed E-state index contributed by atoms with van der Waals surface area (Å²) in [5, 5.41) is 0. The Labute approximate surface area is 181 Å². The molecule has 0 aromatic heterocycles. The Kier molecular flexibility index (Phi) is 4.49. The maximum Gasteiger partial charge on any atom is 0.410 e. The number of hydrogen-bond acceptors (Lipinski definition) is 4. The van der Waals surface area contributed by atoms with E-state index < -0.39 is 23.4 Å². The van der Waals surface area contributed by atoms with Crippen LogP contribution in [0.1, 0.15) is 61.8 Å². The van der Waals surface area contributed by atoms with Crippen LogP contribution >= 0.6 is 0 Å². The number of fused-ring (bicyclic) bond motifs is 1. The molecule has 3 unspecified atom stereocenters. The molecule has 6 heteroatoms. The first-order valence-corrected chi connectivity index (χ1v) is 10.7. The predicted octanol–water partition coefficient (Wildman–Crippen LogP) is 4.73. The third-order valence-electron chi connectivity index (χ3n) is 6.57. The number of amides is 1. The van der Waals surface area contributed by atoms with Gasteiger partial charge in [-0.2, -0.15) is 0 Å². The maximum absolute atomic E-state index is 14.0. The maximum atomic E-state index is 14.0. The number of hydrogen-bond donors (Lipinski definition) is 0. The van der Waals surface area contributed by atoms with Gasteiger partial charge < -0.3 is 9.47 Å². The van der Waals surface area contributed by atoms with E-state index in [9.17, 15) is 14.0 Å². The van der Waals surface area contributed by atoms with Gasteiger partial charge >= 0.3 is 6.09 Å². The molecule has 0 N–H and O–H groups in total. The number of carbonyl (C=O) groups excluding carboxylic acids is 2. The first kappa shape index (κ1) is 20.2. The first-order valence-electron chi connectivity index (χ1n) is 10.7. The molecule has 4 aliphatic rings. The number of ether oxygens (including phenoxy) is 2. The monoisotopic (exact) mass is 423 g/mol. The molecule has 6 rings (SSSR count). The zero-order valence-electron chi connectivity index (χ0n) is 17.9. The van der Waals surface area contributed by atoms with Crippen LogP contribution in [0.5, 0.6) is 0 Å². The van der Waals surface area contributed by atoms with Crippen molar-refractivity contribution in [3.8, 4) is 0 Å². The normalized spacial score (nSPS) is 29.4. The fourth-order valence-electron chi connectivity index (χ4n) is 5.43. The molecule has 2 bridgehead atoms. The van der Waals surface area contributed by atoms with Gasteiger partial charge in [-0.25, -0.2) is 9.18 Å². The number of likely N-dealkylation sites (tertiary alicyclic amines) is 1. The van der Waals surface area contributed by atoms with Crippen molar-refractivity contribution in [2.75, 3.05) is 13.1 Å². The summed E-state index contributed by atoms with van der Waals surface area (Å²) in [5.41, 5.74) is 1.08. The van der Waals surface area contributed by atoms with Crippen LogP contribution in [0.4, 0.5) is 9.18 Å². The Bertz CT molecular complexity index is 1050. The van der Waals surface area contributed by atoms with Gasteiger partial charge in [-0.05, 0) is 61.9 Å². The number of ketones is 1. The highest BCUT2D eigenvalue weighted by Gasteiger charge is 2.63. The summed E-state index contributed by atoms with van der Waals surface area (Å²) >= 11 is 0. The summed E-state index contributed by atoms with van der Waals surface area (Å²) < 4.78 is 26.0. The van der Waals surface area contributed by atoms with Crippen molar-refractivity contribution in [2.24, 2.45) is 0 Å². The molecule has 3 heterocycles. The van der Waals surface area contributed by atoms with Gasteiger partial charge in [-0.15, -0.1) is 0 Å². The Morgan fingerprint density at radius 3 is 2.61 bits per heavy atom. The molecule has 2 fully saturated rings. The van der Waals surface area contributed by atoms with Crippen molar-refractivity contribution in [2.45, 2.75) is 56.3 Å². The molecule has 2 saturated heterocycles. The Morgan fingerprint density at radius 1 is 1.16 bits per heavy atom. The smallest absolute Gasteiger partial charge is 0.410 e. The summed E-state index contributed by atoms with van der Waals surface area (Å²) in [6.07, 6.45) is -0.242. The van der Waals surface area contributed by atoms with E-state index in [0.717, 1.165) is 16.7 Å². The van der Waals surface area contributed by atoms with Gasteiger partial charge in [0.25, 0.3) is 0 Å². The highest BCUT2D eigenvalue weighted by atomic mass is 19.1. The molecule has 4 atom stereocenters. The summed E-state index contributed by atoms with van der Waals surface area (Å²) in [6, 6.07) is 14.8. The minimum Gasteiger partial charge on any atom is -0.444 e. The van der Waals surface area contributed by atoms with E-state index in [0.29, 0.717) is 6.42 Å². The zero-order chi connectivity index (χ0) is 22.0. The lowest BCUT2D eigenvalue weighted by Crippen LogP contribution is -2.56. The van der Waals surface area contributed by atoms with E-state index in [4.69, 9.17) is 9.47 Å². The van der Waals surface area contributed by atoms with Crippen LogP contribution < -0.4 is 0 Å². The molecule has 0 saturated carbocycles. The molecule has 2 aromatic carbocycles. The standard InChI is InChI=1S/C25H26FNO4/c1-24(2,3)31-23(29)27-13-21(28)25(14-27)22-17-10-9-16(26)11-19(17)20(30-25)12-18(22)15-7-5-4-6-8-15/h4-11,18,20,22H,12-14H2,1-3H3/t18?,20?,22-,25?/m0/s1. The van der Waals surface area contributed by atoms with Gasteiger partial charge in [0.2, 0.25) is 0 Å². The van der Waals surface area contributed by atoms with Gasteiger partial charge in [0.05, 0.1) is 19.2 Å². The van der Waals surface area contributed by atoms with Crippen molar-refractivity contribution in [1.29, 1.82) is 0 Å². The van der Waals surface area contributed by atoms with Crippen LogP contribution in [0.15, 0.2) is 48.5 Å². The Morgan fingerprint density at radius 2 is 1.90 bits per heavy atom. The second-order valence-corrected chi connectivity index (χ2v) is 9.76. The minimum atomic E-state index is -1.15. The lowest BCUT2D eigenvalue weighted by atomic mass is 9.61. The summed E-state index contributed by atoms with van der Waals surface area (Å²) in [6.45, 7) is 5.49. The molecule has 3 aliphatic heterocycles. The van der Waals surface area contributed by atoms with Gasteiger partial charge in [0.15, 0.2) is 11.4 Å². The molecule has 5 nitrogen and oxygen atoms in total. The third kappa shape index (κ3) is 3.24. The number of benzene rings is 2. The fourth-order valence-corrected chi connectivity index (χ4v) is 5.43. The number of halogens is 1. The Hall–Kier alpha value is -2.73. The van der Waals surface area contributed by atoms with E-state index in [2.05, 4.69) is 12.1 Å². The average Bonchev–Trinajstić information content (AvgIpc) is 3.03. The topological polar surface area (TPSA) is 55.8 Å². The quantitative estimate of drug-likeness (QED) is 0.666. The molecule has 1 amide bonds. The second kappa shape index (κ2) is 6.89. The summed E-state index contributed by atoms with van der Waals surface area (Å²) in [5.74, 6) is -0.687. The number of nitrogens with zero attached hydrogens (tertiary/aromatic N) is 1. The van der Waals surface area contributed by atoms with Crippen LogP contribution in [-0.2, 0) is 14.3 Å². The van der Waals surface area contributed by atoms with Crippen molar-refractivity contribution in [3.63, 3.8) is 0 Å². The highest BCUT2D eigenvalue weighted by Crippen LogP contribution is 2.61. The molecular formula is C25H26FNO4. The van der Waals surface area contributed by atoms with Crippen LogP contribution in [0.25, 0.3) is 0 Å². The molecule has 2 aromatic rings. The molecule has 0 radical (unpaired) electrons. The van der Waals surface area contributed by atoms with Crippen LogP contribution in [-0.4, -0.2) is 41.1 Å². The molecular weight excluding hydrogens is 397 g/mol. The van der Waals surface area contributed by atoms with E-state index in [1.165, 1.54) is 17.0 Å². The lowest BCUT2D eigenvalue weighted by molar-refractivity contribution is -0.173. The van der Waals surface area contributed by atoms with Crippen LogP contribution in [0.3, 0.4) is 0 Å². The summed E-state index contributed by atoms with van der Waals surface area (Å²) in [7, 11) is 0. The number of Topliss-reactive ketones (excluding diaryl/α,β-unsaturated/α-hetero) is 1. The van der Waals surface area contributed by atoms with Crippen molar-refractivity contribution < 1.29 is 23.5 Å². The van der Waals surface area contributed by atoms with Crippen molar-refractivity contribution in [3.05, 3.63) is 71.0 Å². The predicted molar refractivity (Wildman–Crippen MR) is 112 cm³/mol. The van der Waals surface area contributed by atoms with Gasteiger partial charge in [0, 0.05) is 5.92 Å². The molecule has 31 heavy (non-hydrogen) atoms. The first-order chi connectivity index (χ1) is 14.7. The molecule has 1 aliphatic carbocycles.